The maximum Gasteiger partial charge on any atom is 0.417 e. The summed E-state index contributed by atoms with van der Waals surface area (Å²) < 4.78 is 40.3. The fourth-order valence-electron chi connectivity index (χ4n) is 5.06. The van der Waals surface area contributed by atoms with Gasteiger partial charge in [-0.15, -0.1) is 0 Å². The van der Waals surface area contributed by atoms with Crippen LogP contribution >= 0.6 is 12.2 Å². The summed E-state index contributed by atoms with van der Waals surface area (Å²) in [6.45, 7) is 8.77. The van der Waals surface area contributed by atoms with Gasteiger partial charge in [0.1, 0.15) is 5.54 Å². The van der Waals surface area contributed by atoms with Crippen LogP contribution in [0.4, 0.5) is 18.9 Å². The number of amides is 1. The summed E-state index contributed by atoms with van der Waals surface area (Å²) in [7, 11) is 0. The normalized spacial score (nSPS) is 20.7. The van der Waals surface area contributed by atoms with E-state index in [0.29, 0.717) is 12.6 Å². The van der Waals surface area contributed by atoms with Gasteiger partial charge in [0.2, 0.25) is 0 Å². The van der Waals surface area contributed by atoms with Gasteiger partial charge in [-0.3, -0.25) is 9.69 Å². The predicted octanol–water partition coefficient (Wildman–Crippen LogP) is 6.11. The lowest BCUT2D eigenvalue weighted by atomic mass is 10.0. The molecule has 2 heterocycles. The molecular formula is C26H35F3N4OS. The molecule has 1 aromatic carbocycles. The van der Waals surface area contributed by atoms with Crippen LogP contribution in [0.2, 0.25) is 0 Å². The van der Waals surface area contributed by atoms with Gasteiger partial charge < -0.3 is 9.80 Å². The van der Waals surface area contributed by atoms with Crippen molar-refractivity contribution in [2.24, 2.45) is 0 Å². The van der Waals surface area contributed by atoms with E-state index in [1.807, 2.05) is 4.90 Å². The van der Waals surface area contributed by atoms with E-state index < -0.39 is 22.8 Å². The van der Waals surface area contributed by atoms with E-state index in [4.69, 9.17) is 17.5 Å². The van der Waals surface area contributed by atoms with E-state index >= 15 is 0 Å². The van der Waals surface area contributed by atoms with Gasteiger partial charge >= 0.3 is 6.18 Å². The lowest BCUT2D eigenvalue weighted by Crippen LogP contribution is -2.44. The molecule has 0 aromatic heterocycles. The fraction of sp³-hybridized carbons (Fsp3) is 0.654. The number of anilines is 1. The number of rotatable bonds is 10. The van der Waals surface area contributed by atoms with Gasteiger partial charge in [-0.25, -0.2) is 0 Å². The Morgan fingerprint density at radius 2 is 1.74 bits per heavy atom. The first-order valence-corrected chi connectivity index (χ1v) is 12.9. The minimum Gasteiger partial charge on any atom is -0.334 e. The highest BCUT2D eigenvalue weighted by Gasteiger charge is 2.49. The quantitative estimate of drug-likeness (QED) is 0.282. The molecule has 0 spiro atoms. The van der Waals surface area contributed by atoms with Crippen molar-refractivity contribution in [1.29, 1.82) is 5.26 Å². The minimum absolute atomic E-state index is 0.0363. The second-order valence-electron chi connectivity index (χ2n) is 10.1. The van der Waals surface area contributed by atoms with E-state index in [2.05, 4.69) is 11.8 Å². The molecule has 0 aliphatic carbocycles. The molecule has 0 radical (unpaired) electrons. The second-order valence-corrected chi connectivity index (χ2v) is 10.5. The molecule has 2 aliphatic rings. The summed E-state index contributed by atoms with van der Waals surface area (Å²) in [5, 5.41) is 9.26. The molecule has 1 aromatic rings. The Balaban J connectivity index is 1.53. The highest BCUT2D eigenvalue weighted by atomic mass is 32.1. The SMILES string of the molecule is CC1CCCN1CCCCCCCCN1C(=S)N(c2ccc(C#N)c(C(F)(F)F)c2)C(=O)C1(C)C. The van der Waals surface area contributed by atoms with Gasteiger partial charge in [0.25, 0.3) is 5.91 Å². The van der Waals surface area contributed by atoms with Crippen LogP contribution < -0.4 is 4.90 Å². The van der Waals surface area contributed by atoms with Crippen molar-refractivity contribution in [1.82, 2.24) is 9.80 Å². The smallest absolute Gasteiger partial charge is 0.334 e. The van der Waals surface area contributed by atoms with Gasteiger partial charge in [0.15, 0.2) is 5.11 Å². The fourth-order valence-corrected chi connectivity index (χ4v) is 5.57. The molecule has 2 aliphatic heterocycles. The first-order valence-electron chi connectivity index (χ1n) is 12.5. The van der Waals surface area contributed by atoms with Crippen LogP contribution in [0.1, 0.15) is 83.3 Å². The van der Waals surface area contributed by atoms with Crippen molar-refractivity contribution in [3.05, 3.63) is 29.3 Å². The van der Waals surface area contributed by atoms with E-state index in [0.717, 1.165) is 31.4 Å². The van der Waals surface area contributed by atoms with Crippen molar-refractivity contribution < 1.29 is 18.0 Å². The van der Waals surface area contributed by atoms with Gasteiger partial charge in [0, 0.05) is 12.6 Å². The van der Waals surface area contributed by atoms with Crippen LogP contribution in [-0.4, -0.2) is 52.0 Å². The van der Waals surface area contributed by atoms with Crippen LogP contribution in [0.5, 0.6) is 0 Å². The van der Waals surface area contributed by atoms with Gasteiger partial charge in [-0.2, -0.15) is 18.4 Å². The lowest BCUT2D eigenvalue weighted by Gasteiger charge is -2.29. The summed E-state index contributed by atoms with van der Waals surface area (Å²) in [6.07, 6.45) is 4.51. The third-order valence-corrected chi connectivity index (χ3v) is 7.68. The molecule has 1 atom stereocenters. The molecule has 1 amide bonds. The first kappa shape index (κ1) is 27.4. The minimum atomic E-state index is -4.70. The summed E-state index contributed by atoms with van der Waals surface area (Å²) in [5.74, 6) is -0.364. The number of alkyl halides is 3. The standard InChI is InChI=1S/C26H35F3N4OS/c1-19-11-10-15-31(19)14-8-6-4-5-7-9-16-32-24(35)33(23(34)25(32,2)3)21-13-12-20(18-30)22(17-21)26(27,28)29/h12-13,17,19H,4-11,14-16H2,1-3H3. The van der Waals surface area contributed by atoms with Gasteiger partial charge in [-0.1, -0.05) is 25.7 Å². The Morgan fingerprint density at radius 1 is 1.11 bits per heavy atom. The summed E-state index contributed by atoms with van der Waals surface area (Å²) in [4.78, 5) is 18.7. The molecule has 3 rings (SSSR count). The Labute approximate surface area is 211 Å². The Kier molecular flexibility index (Phi) is 8.81. The number of hydrogen-bond donors (Lipinski definition) is 0. The maximum absolute atomic E-state index is 13.4. The number of carbonyl (C=O) groups excluding carboxylic acids is 1. The average Bonchev–Trinajstić information content (AvgIpc) is 3.27. The Morgan fingerprint density at radius 3 is 2.31 bits per heavy atom. The topological polar surface area (TPSA) is 50.6 Å². The lowest BCUT2D eigenvalue weighted by molar-refractivity contribution is -0.137. The molecule has 2 fully saturated rings. The van der Waals surface area contributed by atoms with E-state index in [-0.39, 0.29) is 16.7 Å². The number of carbonyl (C=O) groups is 1. The first-order chi connectivity index (χ1) is 16.5. The van der Waals surface area contributed by atoms with Crippen molar-refractivity contribution >= 4 is 28.9 Å². The molecule has 0 N–H and O–H groups in total. The zero-order valence-corrected chi connectivity index (χ0v) is 21.6. The number of benzene rings is 1. The number of hydrogen-bond acceptors (Lipinski definition) is 4. The molecule has 192 valence electrons. The molecule has 9 heteroatoms. The van der Waals surface area contributed by atoms with Gasteiger partial charge in [0.05, 0.1) is 22.9 Å². The third-order valence-electron chi connectivity index (χ3n) is 7.28. The van der Waals surface area contributed by atoms with Crippen LogP contribution in [-0.2, 0) is 11.0 Å². The number of nitriles is 1. The number of unbranched alkanes of at least 4 members (excludes halogenated alkanes) is 5. The Hall–Kier alpha value is -2.18. The summed E-state index contributed by atoms with van der Waals surface area (Å²) >= 11 is 5.55. The number of thiocarbonyl (C=S) groups is 1. The molecule has 2 saturated heterocycles. The number of likely N-dealkylation sites (tertiary alicyclic amines) is 1. The van der Waals surface area contributed by atoms with Crippen molar-refractivity contribution in [2.75, 3.05) is 24.5 Å². The maximum atomic E-state index is 13.4. The number of halogens is 3. The van der Waals surface area contributed by atoms with Crippen LogP contribution in [0.25, 0.3) is 0 Å². The molecule has 5 nitrogen and oxygen atoms in total. The highest BCUT2D eigenvalue weighted by molar-refractivity contribution is 7.80. The second kappa shape index (κ2) is 11.3. The predicted molar refractivity (Wildman–Crippen MR) is 135 cm³/mol. The molecule has 0 bridgehead atoms. The Bertz CT molecular complexity index is 972. The van der Waals surface area contributed by atoms with Gasteiger partial charge in [-0.05, 0) is 90.0 Å². The van der Waals surface area contributed by atoms with Crippen molar-refractivity contribution in [3.8, 4) is 6.07 Å². The largest absolute Gasteiger partial charge is 0.417 e. The zero-order chi connectivity index (χ0) is 25.8. The third kappa shape index (κ3) is 6.15. The molecule has 35 heavy (non-hydrogen) atoms. The summed E-state index contributed by atoms with van der Waals surface area (Å²) in [5.41, 5.74) is -2.46. The number of nitrogens with zero attached hydrogens (tertiary/aromatic N) is 4. The van der Waals surface area contributed by atoms with Crippen LogP contribution in [0.15, 0.2) is 18.2 Å². The van der Waals surface area contributed by atoms with Crippen LogP contribution in [0.3, 0.4) is 0 Å². The van der Waals surface area contributed by atoms with Crippen molar-refractivity contribution in [3.63, 3.8) is 0 Å². The zero-order valence-electron chi connectivity index (χ0n) is 20.8. The van der Waals surface area contributed by atoms with Crippen LogP contribution in [0, 0.1) is 11.3 Å². The molecule has 1 unspecified atom stereocenters. The monoisotopic (exact) mass is 508 g/mol. The molecular weight excluding hydrogens is 473 g/mol. The average molecular weight is 509 g/mol. The van der Waals surface area contributed by atoms with Crippen molar-refractivity contribution in [2.45, 2.75) is 89.9 Å². The molecule has 0 saturated carbocycles. The van der Waals surface area contributed by atoms with E-state index in [1.54, 1.807) is 19.9 Å². The summed E-state index contributed by atoms with van der Waals surface area (Å²) in [6, 6.07) is 5.56. The van der Waals surface area contributed by atoms with E-state index in [9.17, 15) is 18.0 Å². The highest BCUT2D eigenvalue weighted by Crippen LogP contribution is 2.38. The van der Waals surface area contributed by atoms with E-state index in [1.165, 1.54) is 56.2 Å².